The first-order chi connectivity index (χ1) is 13.8. The van der Waals surface area contributed by atoms with Crippen molar-refractivity contribution in [2.24, 2.45) is 5.73 Å². The third-order valence-electron chi connectivity index (χ3n) is 6.92. The monoisotopic (exact) mass is 386 g/mol. The first-order valence-corrected chi connectivity index (χ1v) is 12.3. The smallest absolute Gasteiger partial charge is 0.00998 e. The summed E-state index contributed by atoms with van der Waals surface area (Å²) in [4.78, 5) is 2.67. The van der Waals surface area contributed by atoms with Crippen LogP contribution in [0.25, 0.3) is 0 Å². The fraction of sp³-hybridized carbons (Fsp3) is 0.769. The number of nitrogens with zero attached hydrogens (tertiary/aromatic N) is 1. The van der Waals surface area contributed by atoms with Gasteiger partial charge in [-0.3, -0.25) is 0 Å². The van der Waals surface area contributed by atoms with Crippen LogP contribution in [0.3, 0.4) is 0 Å². The van der Waals surface area contributed by atoms with E-state index in [-0.39, 0.29) is 5.41 Å². The molecule has 2 nitrogen and oxygen atoms in total. The Morgan fingerprint density at radius 2 is 1.25 bits per heavy atom. The molecule has 0 saturated carbocycles. The molecule has 0 aromatic heterocycles. The number of benzene rings is 1. The molecule has 0 amide bonds. The first kappa shape index (κ1) is 23.4. The van der Waals surface area contributed by atoms with Crippen LogP contribution >= 0.6 is 0 Å². The van der Waals surface area contributed by atoms with E-state index < -0.39 is 0 Å². The van der Waals surface area contributed by atoms with Crippen LogP contribution in [0.5, 0.6) is 0 Å². The van der Waals surface area contributed by atoms with Crippen LogP contribution in [0.4, 0.5) is 0 Å². The highest BCUT2D eigenvalue weighted by Crippen LogP contribution is 2.34. The Balaban J connectivity index is 1.47. The zero-order valence-electron chi connectivity index (χ0n) is 18.6. The summed E-state index contributed by atoms with van der Waals surface area (Å²) in [5, 5.41) is 0. The second-order valence-corrected chi connectivity index (χ2v) is 9.08. The molecule has 0 aliphatic carbocycles. The second kappa shape index (κ2) is 14.2. The standard InChI is InChI=1S/C26H46N2/c1-2-3-4-5-6-7-8-9-10-11-12-16-21-28-22-19-26(24-27,20-23-28)25-17-14-13-15-18-25/h13-15,17-18H,2-12,16,19-24,27H2,1H3. The van der Waals surface area contributed by atoms with Crippen molar-refractivity contribution in [2.75, 3.05) is 26.2 Å². The maximum atomic E-state index is 6.22. The Kier molecular flexibility index (Phi) is 11.9. The number of rotatable bonds is 15. The summed E-state index contributed by atoms with van der Waals surface area (Å²) in [6, 6.07) is 11.0. The van der Waals surface area contributed by atoms with Crippen LogP contribution in [0, 0.1) is 0 Å². The minimum Gasteiger partial charge on any atom is -0.330 e. The summed E-state index contributed by atoms with van der Waals surface area (Å²) in [6.07, 6.45) is 19.6. The van der Waals surface area contributed by atoms with Gasteiger partial charge in [0.2, 0.25) is 0 Å². The fourth-order valence-corrected chi connectivity index (χ4v) is 4.78. The largest absolute Gasteiger partial charge is 0.330 e. The highest BCUT2D eigenvalue weighted by atomic mass is 15.1. The van der Waals surface area contributed by atoms with Gasteiger partial charge in [0.15, 0.2) is 0 Å². The minimum atomic E-state index is 0.217. The predicted molar refractivity (Wildman–Crippen MR) is 124 cm³/mol. The van der Waals surface area contributed by atoms with Crippen LogP contribution in [-0.2, 0) is 5.41 Å². The Labute approximate surface area is 175 Å². The maximum absolute atomic E-state index is 6.22. The summed E-state index contributed by atoms with van der Waals surface area (Å²) in [5.41, 5.74) is 7.88. The van der Waals surface area contributed by atoms with Gasteiger partial charge in [-0.15, -0.1) is 0 Å². The van der Waals surface area contributed by atoms with E-state index >= 15 is 0 Å². The first-order valence-electron chi connectivity index (χ1n) is 12.3. The Morgan fingerprint density at radius 1 is 0.750 bits per heavy atom. The molecule has 1 aromatic rings. The molecule has 2 heteroatoms. The van der Waals surface area contributed by atoms with Crippen molar-refractivity contribution in [1.82, 2.24) is 4.90 Å². The molecule has 0 atom stereocenters. The van der Waals surface area contributed by atoms with Crippen molar-refractivity contribution in [3.05, 3.63) is 35.9 Å². The lowest BCUT2D eigenvalue weighted by Crippen LogP contribution is -2.46. The zero-order chi connectivity index (χ0) is 19.9. The summed E-state index contributed by atoms with van der Waals surface area (Å²) in [7, 11) is 0. The van der Waals surface area contributed by atoms with Crippen LogP contribution in [-0.4, -0.2) is 31.1 Å². The van der Waals surface area contributed by atoms with Crippen molar-refractivity contribution >= 4 is 0 Å². The van der Waals surface area contributed by atoms with E-state index in [4.69, 9.17) is 5.73 Å². The third kappa shape index (κ3) is 8.25. The molecule has 0 radical (unpaired) electrons. The molecule has 1 aromatic carbocycles. The van der Waals surface area contributed by atoms with E-state index in [9.17, 15) is 0 Å². The number of nitrogens with two attached hydrogens (primary N) is 1. The molecule has 28 heavy (non-hydrogen) atoms. The van der Waals surface area contributed by atoms with Gasteiger partial charge in [-0.2, -0.15) is 0 Å². The lowest BCUT2D eigenvalue weighted by atomic mass is 9.73. The maximum Gasteiger partial charge on any atom is 0.00998 e. The highest BCUT2D eigenvalue weighted by molar-refractivity contribution is 5.26. The highest BCUT2D eigenvalue weighted by Gasteiger charge is 2.34. The molecule has 2 rings (SSSR count). The molecule has 1 heterocycles. The normalized spacial score (nSPS) is 17.1. The molecule has 0 unspecified atom stereocenters. The molecular formula is C26H46N2. The van der Waals surface area contributed by atoms with E-state index in [1.807, 2.05) is 0 Å². The lowest BCUT2D eigenvalue weighted by Gasteiger charge is -2.41. The molecule has 0 bridgehead atoms. The summed E-state index contributed by atoms with van der Waals surface area (Å²) in [5.74, 6) is 0. The van der Waals surface area contributed by atoms with Gasteiger partial charge in [0.1, 0.15) is 0 Å². The molecule has 1 fully saturated rings. The quantitative estimate of drug-likeness (QED) is 0.341. The summed E-state index contributed by atoms with van der Waals surface area (Å²) in [6.45, 7) is 6.79. The molecule has 2 N–H and O–H groups in total. The van der Waals surface area contributed by atoms with Crippen molar-refractivity contribution in [2.45, 2.75) is 102 Å². The number of likely N-dealkylation sites (tertiary alicyclic amines) is 1. The Hall–Kier alpha value is -0.860. The van der Waals surface area contributed by atoms with Gasteiger partial charge < -0.3 is 10.6 Å². The Morgan fingerprint density at radius 3 is 1.75 bits per heavy atom. The van der Waals surface area contributed by atoms with Crippen LogP contribution in [0.15, 0.2) is 30.3 Å². The second-order valence-electron chi connectivity index (χ2n) is 9.08. The van der Waals surface area contributed by atoms with Crippen molar-refractivity contribution in [3.63, 3.8) is 0 Å². The van der Waals surface area contributed by atoms with Gasteiger partial charge in [-0.25, -0.2) is 0 Å². The summed E-state index contributed by atoms with van der Waals surface area (Å²) < 4.78 is 0. The van der Waals surface area contributed by atoms with E-state index in [2.05, 4.69) is 42.2 Å². The van der Waals surface area contributed by atoms with Crippen LogP contribution in [0.1, 0.15) is 102 Å². The van der Waals surface area contributed by atoms with Gasteiger partial charge in [-0.05, 0) is 44.5 Å². The Bertz CT molecular complexity index is 476. The van der Waals surface area contributed by atoms with Crippen LogP contribution < -0.4 is 5.73 Å². The zero-order valence-corrected chi connectivity index (χ0v) is 18.6. The number of hydrogen-bond acceptors (Lipinski definition) is 2. The predicted octanol–water partition coefficient (Wildman–Crippen LogP) is 6.68. The molecule has 0 spiro atoms. The lowest BCUT2D eigenvalue weighted by molar-refractivity contribution is 0.160. The van der Waals surface area contributed by atoms with Crippen LogP contribution in [0.2, 0.25) is 0 Å². The number of hydrogen-bond donors (Lipinski definition) is 1. The van der Waals surface area contributed by atoms with Gasteiger partial charge >= 0.3 is 0 Å². The van der Waals surface area contributed by atoms with Gasteiger partial charge in [0.05, 0.1) is 0 Å². The van der Waals surface area contributed by atoms with Gasteiger partial charge in [0, 0.05) is 12.0 Å². The third-order valence-corrected chi connectivity index (χ3v) is 6.92. The van der Waals surface area contributed by atoms with Gasteiger partial charge in [0.25, 0.3) is 0 Å². The SMILES string of the molecule is CCCCCCCCCCCCCCN1CCC(CN)(c2ccccc2)CC1. The average molecular weight is 387 g/mol. The van der Waals surface area contributed by atoms with Crippen molar-refractivity contribution in [1.29, 1.82) is 0 Å². The van der Waals surface area contributed by atoms with Crippen molar-refractivity contribution in [3.8, 4) is 0 Å². The minimum absolute atomic E-state index is 0.217. The molecule has 1 saturated heterocycles. The molecular weight excluding hydrogens is 340 g/mol. The fourth-order valence-electron chi connectivity index (χ4n) is 4.78. The van der Waals surface area contributed by atoms with E-state index in [0.29, 0.717) is 0 Å². The number of piperidine rings is 1. The summed E-state index contributed by atoms with van der Waals surface area (Å²) >= 11 is 0. The van der Waals surface area contributed by atoms with Gasteiger partial charge in [-0.1, -0.05) is 108 Å². The van der Waals surface area contributed by atoms with E-state index in [1.54, 1.807) is 0 Å². The van der Waals surface area contributed by atoms with E-state index in [1.165, 1.54) is 115 Å². The average Bonchev–Trinajstić information content (AvgIpc) is 2.75. The molecule has 160 valence electrons. The van der Waals surface area contributed by atoms with E-state index in [0.717, 1.165) is 6.54 Å². The number of unbranched alkanes of at least 4 members (excludes halogenated alkanes) is 11. The topological polar surface area (TPSA) is 29.3 Å². The molecule has 1 aliphatic rings. The molecule has 1 aliphatic heterocycles. The van der Waals surface area contributed by atoms with Crippen molar-refractivity contribution < 1.29 is 0 Å².